The van der Waals surface area contributed by atoms with Gasteiger partial charge in [0.25, 0.3) is 0 Å². The predicted molar refractivity (Wildman–Crippen MR) is 178 cm³/mol. The van der Waals surface area contributed by atoms with Crippen molar-refractivity contribution >= 4 is 53.3 Å². The summed E-state index contributed by atoms with van der Waals surface area (Å²) in [7, 11) is 1.46. The van der Waals surface area contributed by atoms with Gasteiger partial charge in [0.1, 0.15) is 36.3 Å². The van der Waals surface area contributed by atoms with Crippen LogP contribution in [-0.2, 0) is 43.2 Å². The average molecular weight is 712 g/mol. The molecule has 1 saturated heterocycles. The summed E-state index contributed by atoms with van der Waals surface area (Å²) >= 11 is 0. The van der Waals surface area contributed by atoms with Crippen LogP contribution < -0.4 is 31.9 Å². The third kappa shape index (κ3) is 13.3. The lowest BCUT2D eigenvalue weighted by Crippen LogP contribution is -2.61. The molecule has 18 heteroatoms. The highest BCUT2D eigenvalue weighted by Gasteiger charge is 2.41. The topological polar surface area (TPSA) is 270 Å². The Morgan fingerprint density at radius 1 is 0.720 bits per heavy atom. The number of hydrogen-bond donors (Lipinski definition) is 8. The lowest BCUT2D eigenvalue weighted by molar-refractivity contribution is -0.144. The highest BCUT2D eigenvalue weighted by Crippen LogP contribution is 2.21. The molecular formula is C32H53N7O11. The van der Waals surface area contributed by atoms with Crippen LogP contribution in [0, 0.1) is 11.8 Å². The van der Waals surface area contributed by atoms with Crippen molar-refractivity contribution in [2.24, 2.45) is 11.8 Å². The molecule has 1 rings (SSSR count). The molecule has 0 aromatic rings. The van der Waals surface area contributed by atoms with E-state index in [1.54, 1.807) is 27.7 Å². The fourth-order valence-electron chi connectivity index (χ4n) is 5.48. The first-order valence-electron chi connectivity index (χ1n) is 16.8. The number of carboxylic acid groups (broad SMARTS) is 2. The van der Waals surface area contributed by atoms with Gasteiger partial charge in [0.15, 0.2) is 0 Å². The molecule has 50 heavy (non-hydrogen) atoms. The second-order valence-electron chi connectivity index (χ2n) is 12.8. The van der Waals surface area contributed by atoms with Crippen LogP contribution in [0.25, 0.3) is 0 Å². The van der Waals surface area contributed by atoms with Gasteiger partial charge in [0.2, 0.25) is 41.4 Å². The summed E-state index contributed by atoms with van der Waals surface area (Å²) in [4.78, 5) is 115. The molecule has 7 amide bonds. The van der Waals surface area contributed by atoms with Gasteiger partial charge in [-0.1, -0.05) is 47.5 Å². The molecule has 282 valence electrons. The van der Waals surface area contributed by atoms with E-state index in [1.807, 2.05) is 6.92 Å². The van der Waals surface area contributed by atoms with Crippen LogP contribution in [0.3, 0.4) is 0 Å². The quantitative estimate of drug-likeness (QED) is 0.0729. The first-order valence-corrected chi connectivity index (χ1v) is 16.8. The Balaban J connectivity index is 3.24. The Bertz CT molecular complexity index is 1260. The van der Waals surface area contributed by atoms with Gasteiger partial charge in [-0.25, -0.2) is 0 Å². The van der Waals surface area contributed by atoms with E-state index in [0.29, 0.717) is 32.1 Å². The molecule has 0 aliphatic carbocycles. The van der Waals surface area contributed by atoms with Crippen LogP contribution in [0.15, 0.2) is 0 Å². The zero-order chi connectivity index (χ0) is 38.3. The SMILES string of the molecule is CCC[C@@H](NC(=O)[C@@H]1CCCN1C(=O)[C@@H](NC(=O)[C@@H](NC(=O)[C@@H](CC(=O)O)NC(=O)[C@H](CC(=O)O)NC(C)=O)[C@@H](C)CC)C(C)C)C(=O)NC. The van der Waals surface area contributed by atoms with Crippen LogP contribution in [0.4, 0.5) is 0 Å². The molecule has 0 aromatic carbocycles. The van der Waals surface area contributed by atoms with E-state index in [2.05, 4.69) is 31.9 Å². The lowest BCUT2D eigenvalue weighted by Gasteiger charge is -2.33. The number of rotatable bonds is 20. The normalized spacial score (nSPS) is 17.6. The van der Waals surface area contributed by atoms with Crippen molar-refractivity contribution in [1.82, 2.24) is 36.8 Å². The third-order valence-corrected chi connectivity index (χ3v) is 8.40. The van der Waals surface area contributed by atoms with E-state index in [9.17, 15) is 48.3 Å². The predicted octanol–water partition coefficient (Wildman–Crippen LogP) is -1.38. The van der Waals surface area contributed by atoms with Crippen molar-refractivity contribution in [2.75, 3.05) is 13.6 Å². The van der Waals surface area contributed by atoms with Crippen LogP contribution in [0.2, 0.25) is 0 Å². The van der Waals surface area contributed by atoms with Crippen molar-refractivity contribution < 1.29 is 53.4 Å². The van der Waals surface area contributed by atoms with E-state index in [0.717, 1.165) is 6.92 Å². The molecule has 7 atom stereocenters. The maximum absolute atomic E-state index is 13.9. The number of carbonyl (C=O) groups excluding carboxylic acids is 7. The van der Waals surface area contributed by atoms with Crippen molar-refractivity contribution in [3.63, 3.8) is 0 Å². The van der Waals surface area contributed by atoms with Crippen molar-refractivity contribution in [3.8, 4) is 0 Å². The third-order valence-electron chi connectivity index (χ3n) is 8.40. The molecule has 18 nitrogen and oxygen atoms in total. The minimum Gasteiger partial charge on any atom is -0.481 e. The summed E-state index contributed by atoms with van der Waals surface area (Å²) in [5, 5.41) is 33.3. The number of hydrogen-bond acceptors (Lipinski definition) is 9. The van der Waals surface area contributed by atoms with Gasteiger partial charge in [-0.05, 0) is 31.1 Å². The standard InChI is InChI=1S/C32H53N7O11/c1-8-11-19(27(45)33-7)35-30(48)22-12-10-13-39(22)32(50)25(16(3)4)37-31(49)26(17(5)9-2)38-29(47)21(15-24(43)44)36-28(46)20(14-23(41)42)34-18(6)40/h16-17,19-22,25-26H,8-15H2,1-7H3,(H,33,45)(H,34,40)(H,35,48)(H,36,46)(H,37,49)(H,38,47)(H,41,42)(H,43,44)/t17-,19+,20-,21+,22-,25-,26-/m0/s1. The van der Waals surface area contributed by atoms with Gasteiger partial charge in [0.05, 0.1) is 12.8 Å². The second-order valence-corrected chi connectivity index (χ2v) is 12.8. The molecule has 8 N–H and O–H groups in total. The fourth-order valence-corrected chi connectivity index (χ4v) is 5.48. The van der Waals surface area contributed by atoms with Gasteiger partial charge in [0, 0.05) is 20.5 Å². The highest BCUT2D eigenvalue weighted by molar-refractivity contribution is 5.98. The zero-order valence-corrected chi connectivity index (χ0v) is 29.8. The highest BCUT2D eigenvalue weighted by atomic mass is 16.4. The van der Waals surface area contributed by atoms with E-state index in [4.69, 9.17) is 5.11 Å². The molecular weight excluding hydrogens is 658 g/mol. The Labute approximate surface area is 291 Å². The molecule has 1 fully saturated rings. The smallest absolute Gasteiger partial charge is 0.305 e. The Kier molecular flexibility index (Phi) is 17.9. The molecule has 0 spiro atoms. The summed E-state index contributed by atoms with van der Waals surface area (Å²) < 4.78 is 0. The van der Waals surface area contributed by atoms with E-state index < -0.39 is 108 Å². The number of nitrogens with one attached hydrogen (secondary N) is 6. The maximum atomic E-state index is 13.9. The van der Waals surface area contributed by atoms with Crippen molar-refractivity contribution in [1.29, 1.82) is 0 Å². The Hall–Kier alpha value is -4.77. The van der Waals surface area contributed by atoms with Crippen molar-refractivity contribution in [3.05, 3.63) is 0 Å². The van der Waals surface area contributed by atoms with E-state index in [1.165, 1.54) is 11.9 Å². The molecule has 0 bridgehead atoms. The summed E-state index contributed by atoms with van der Waals surface area (Å²) in [6.07, 6.45) is 0.468. The minimum absolute atomic E-state index is 0.234. The number of likely N-dealkylation sites (N-methyl/N-ethyl adjacent to an activating group) is 1. The number of carboxylic acids is 2. The summed E-state index contributed by atoms with van der Waals surface area (Å²) in [5.74, 6) is -9.05. The van der Waals surface area contributed by atoms with Crippen LogP contribution >= 0.6 is 0 Å². The molecule has 0 unspecified atom stereocenters. The first-order chi connectivity index (χ1) is 23.4. The molecule has 1 aliphatic heterocycles. The number of carbonyl (C=O) groups is 9. The summed E-state index contributed by atoms with van der Waals surface area (Å²) in [5.41, 5.74) is 0. The Morgan fingerprint density at radius 3 is 1.74 bits per heavy atom. The maximum Gasteiger partial charge on any atom is 0.305 e. The summed E-state index contributed by atoms with van der Waals surface area (Å²) in [6.45, 7) is 9.90. The fraction of sp³-hybridized carbons (Fsp3) is 0.719. The first kappa shape index (κ1) is 43.3. The van der Waals surface area contributed by atoms with Crippen LogP contribution in [-0.4, -0.2) is 118 Å². The molecule has 1 heterocycles. The van der Waals surface area contributed by atoms with Gasteiger partial charge < -0.3 is 47.0 Å². The molecule has 0 radical (unpaired) electrons. The van der Waals surface area contributed by atoms with E-state index in [-0.39, 0.29) is 12.5 Å². The van der Waals surface area contributed by atoms with Gasteiger partial charge in [-0.15, -0.1) is 0 Å². The summed E-state index contributed by atoms with van der Waals surface area (Å²) in [6, 6.07) is -7.47. The Morgan fingerprint density at radius 2 is 1.26 bits per heavy atom. The lowest BCUT2D eigenvalue weighted by atomic mass is 9.95. The van der Waals surface area contributed by atoms with E-state index >= 15 is 0 Å². The molecule has 0 saturated carbocycles. The minimum atomic E-state index is -1.76. The number of amides is 7. The van der Waals surface area contributed by atoms with Gasteiger partial charge in [-0.2, -0.15) is 0 Å². The van der Waals surface area contributed by atoms with Gasteiger partial charge in [-0.3, -0.25) is 43.2 Å². The molecule has 1 aliphatic rings. The number of likely N-dealkylation sites (tertiary alicyclic amines) is 1. The number of nitrogens with zero attached hydrogens (tertiary/aromatic N) is 1. The average Bonchev–Trinajstić information content (AvgIpc) is 3.53. The van der Waals surface area contributed by atoms with Crippen LogP contribution in [0.1, 0.15) is 86.5 Å². The van der Waals surface area contributed by atoms with Crippen molar-refractivity contribution in [2.45, 2.75) is 123 Å². The zero-order valence-electron chi connectivity index (χ0n) is 29.8. The van der Waals surface area contributed by atoms with Crippen LogP contribution in [0.5, 0.6) is 0 Å². The monoisotopic (exact) mass is 711 g/mol. The molecule has 0 aromatic heterocycles. The largest absolute Gasteiger partial charge is 0.481 e. The number of aliphatic carboxylic acids is 2. The second kappa shape index (κ2) is 20.7. The van der Waals surface area contributed by atoms with Gasteiger partial charge >= 0.3 is 11.9 Å².